The summed E-state index contributed by atoms with van der Waals surface area (Å²) in [6, 6.07) is 13.6. The van der Waals surface area contributed by atoms with Crippen molar-refractivity contribution in [2.45, 2.75) is 25.8 Å². The molecule has 0 bridgehead atoms. The Morgan fingerprint density at radius 1 is 1.16 bits per heavy atom. The molecule has 0 saturated carbocycles. The lowest BCUT2D eigenvalue weighted by atomic mass is 9.92. The normalized spacial score (nSPS) is 17.7. The molecule has 0 aliphatic carbocycles. The molecule has 194 valence electrons. The van der Waals surface area contributed by atoms with Crippen LogP contribution in [-0.4, -0.2) is 71.8 Å². The predicted molar refractivity (Wildman–Crippen MR) is 151 cm³/mol. The third-order valence-electron chi connectivity index (χ3n) is 6.96. The van der Waals surface area contributed by atoms with Crippen molar-refractivity contribution >= 4 is 40.4 Å². The summed E-state index contributed by atoms with van der Waals surface area (Å²) in [5, 5.41) is 1.80. The van der Waals surface area contributed by atoms with Crippen molar-refractivity contribution < 1.29 is 14.3 Å². The number of fused-ring (bicyclic) bond motifs is 3. The minimum atomic E-state index is -0.369. The molecule has 1 atom stereocenters. The number of ether oxygens (including phenoxy) is 2. The molecule has 2 aliphatic rings. The van der Waals surface area contributed by atoms with Crippen LogP contribution in [0.1, 0.15) is 36.2 Å². The molecule has 1 saturated heterocycles. The number of hydrogen-bond donors (Lipinski definition) is 1. The molecule has 2 aromatic carbocycles. The monoisotopic (exact) mass is 537 g/mol. The Morgan fingerprint density at radius 3 is 2.76 bits per heavy atom. The van der Waals surface area contributed by atoms with E-state index in [-0.39, 0.29) is 18.7 Å². The molecule has 1 fully saturated rings. The molecule has 6 nitrogen and oxygen atoms in total. The standard InChI is InChI=1S/C29H32ClN3O3S/c1-2-3-16-36-29(34)33-13-11-24-25-20-22(30)7-10-26(25)31-27(24)28(33)21-5-8-23(9-6-21)35-17-4-12-32-14-18-37-19-15-32/h5-10,20,28,31H,4,11-19H2,1H3. The van der Waals surface area contributed by atoms with E-state index in [9.17, 15) is 4.79 Å². The molecular weight excluding hydrogens is 506 g/mol. The highest BCUT2D eigenvalue weighted by atomic mass is 35.5. The van der Waals surface area contributed by atoms with Crippen molar-refractivity contribution in [1.29, 1.82) is 0 Å². The van der Waals surface area contributed by atoms with Crippen LogP contribution in [-0.2, 0) is 11.2 Å². The second kappa shape index (κ2) is 12.2. The van der Waals surface area contributed by atoms with E-state index in [2.05, 4.69) is 21.7 Å². The van der Waals surface area contributed by atoms with E-state index in [4.69, 9.17) is 21.1 Å². The first-order chi connectivity index (χ1) is 18.1. The summed E-state index contributed by atoms with van der Waals surface area (Å²) in [5.41, 5.74) is 4.20. The van der Waals surface area contributed by atoms with Gasteiger partial charge in [0.05, 0.1) is 6.61 Å². The fourth-order valence-electron chi connectivity index (χ4n) is 5.11. The number of amides is 1. The number of thioether (sulfide) groups is 1. The first-order valence-electron chi connectivity index (χ1n) is 12.8. The van der Waals surface area contributed by atoms with Crippen molar-refractivity contribution in [3.63, 3.8) is 0 Å². The molecule has 8 heteroatoms. The van der Waals surface area contributed by atoms with Crippen LogP contribution in [0.3, 0.4) is 0 Å². The van der Waals surface area contributed by atoms with Crippen LogP contribution in [0, 0.1) is 11.8 Å². The highest BCUT2D eigenvalue weighted by Crippen LogP contribution is 2.39. The molecule has 1 unspecified atom stereocenters. The van der Waals surface area contributed by atoms with Gasteiger partial charge in [-0.25, -0.2) is 4.79 Å². The summed E-state index contributed by atoms with van der Waals surface area (Å²) in [7, 11) is 0. The van der Waals surface area contributed by atoms with Crippen LogP contribution in [0.4, 0.5) is 4.79 Å². The van der Waals surface area contributed by atoms with Gasteiger partial charge in [0.25, 0.3) is 0 Å². The van der Waals surface area contributed by atoms with E-state index in [1.165, 1.54) is 30.2 Å². The quantitative estimate of drug-likeness (QED) is 0.307. The minimum Gasteiger partial charge on any atom is -0.494 e. The second-order valence-corrected chi connectivity index (χ2v) is 10.9. The van der Waals surface area contributed by atoms with Gasteiger partial charge in [-0.1, -0.05) is 29.7 Å². The Kier molecular flexibility index (Phi) is 8.50. The Labute approximate surface area is 227 Å². The molecule has 5 rings (SSSR count). The zero-order valence-corrected chi connectivity index (χ0v) is 22.7. The van der Waals surface area contributed by atoms with E-state index < -0.39 is 0 Å². The second-order valence-electron chi connectivity index (χ2n) is 9.26. The largest absolute Gasteiger partial charge is 0.494 e. The maximum absolute atomic E-state index is 13.1. The van der Waals surface area contributed by atoms with E-state index in [0.717, 1.165) is 47.3 Å². The minimum absolute atomic E-state index is 0.0801. The molecule has 3 aromatic rings. The van der Waals surface area contributed by atoms with Crippen molar-refractivity contribution in [2.24, 2.45) is 0 Å². The number of nitrogens with one attached hydrogen (secondary N) is 1. The smallest absolute Gasteiger partial charge is 0.411 e. The third-order valence-corrected chi connectivity index (χ3v) is 8.13. The molecule has 0 radical (unpaired) electrons. The van der Waals surface area contributed by atoms with Crippen LogP contribution in [0.15, 0.2) is 42.5 Å². The Bertz CT molecular complexity index is 1290. The van der Waals surface area contributed by atoms with Crippen molar-refractivity contribution in [1.82, 2.24) is 14.8 Å². The lowest BCUT2D eigenvalue weighted by Gasteiger charge is -2.35. The molecule has 1 amide bonds. The van der Waals surface area contributed by atoms with Gasteiger partial charge in [0, 0.05) is 59.3 Å². The Balaban J connectivity index is 1.34. The van der Waals surface area contributed by atoms with Crippen LogP contribution < -0.4 is 4.74 Å². The number of carbonyl (C=O) groups excluding carboxylic acids is 1. The predicted octanol–water partition coefficient (Wildman–Crippen LogP) is 5.75. The number of rotatable bonds is 7. The number of benzene rings is 2. The SMILES string of the molecule is CC#CCOC(=O)N1CCc2c([nH]c3ccc(Cl)cc23)C1c1ccc(OCCCN2CCSCC2)cc1. The molecule has 1 aromatic heterocycles. The summed E-state index contributed by atoms with van der Waals surface area (Å²) < 4.78 is 11.5. The summed E-state index contributed by atoms with van der Waals surface area (Å²) in [4.78, 5) is 20.9. The van der Waals surface area contributed by atoms with Gasteiger partial charge in [0.1, 0.15) is 11.8 Å². The average molecular weight is 538 g/mol. The maximum Gasteiger partial charge on any atom is 0.411 e. The van der Waals surface area contributed by atoms with E-state index in [1.807, 2.05) is 54.2 Å². The van der Waals surface area contributed by atoms with Gasteiger partial charge in [-0.15, -0.1) is 5.92 Å². The molecule has 0 spiro atoms. The summed E-state index contributed by atoms with van der Waals surface area (Å²) in [5.74, 6) is 8.87. The summed E-state index contributed by atoms with van der Waals surface area (Å²) >= 11 is 8.34. The molecular formula is C29H32ClN3O3S. The van der Waals surface area contributed by atoms with Crippen molar-refractivity contribution in [3.05, 3.63) is 64.3 Å². The molecule has 1 N–H and O–H groups in total. The van der Waals surface area contributed by atoms with Gasteiger partial charge in [-0.2, -0.15) is 11.8 Å². The van der Waals surface area contributed by atoms with Gasteiger partial charge in [0.2, 0.25) is 0 Å². The first kappa shape index (κ1) is 25.8. The zero-order valence-electron chi connectivity index (χ0n) is 21.1. The van der Waals surface area contributed by atoms with Crippen molar-refractivity contribution in [3.8, 4) is 17.6 Å². The van der Waals surface area contributed by atoms with E-state index in [1.54, 1.807) is 11.8 Å². The lowest BCUT2D eigenvalue weighted by Crippen LogP contribution is -2.41. The molecule has 37 heavy (non-hydrogen) atoms. The fraction of sp³-hybridized carbons (Fsp3) is 0.414. The van der Waals surface area contributed by atoms with Crippen LogP contribution in [0.2, 0.25) is 5.02 Å². The van der Waals surface area contributed by atoms with Gasteiger partial charge in [-0.05, 0) is 61.2 Å². The van der Waals surface area contributed by atoms with Gasteiger partial charge in [0.15, 0.2) is 6.61 Å². The first-order valence-corrected chi connectivity index (χ1v) is 14.3. The topological polar surface area (TPSA) is 57.8 Å². The molecule has 3 heterocycles. The van der Waals surface area contributed by atoms with Crippen LogP contribution in [0.25, 0.3) is 10.9 Å². The summed E-state index contributed by atoms with van der Waals surface area (Å²) in [6.45, 7) is 6.47. The Hall–Kier alpha value is -2.79. The number of halogens is 1. The van der Waals surface area contributed by atoms with Crippen molar-refractivity contribution in [2.75, 3.05) is 50.9 Å². The number of aromatic nitrogens is 1. The molecule has 2 aliphatic heterocycles. The number of nitrogens with zero attached hydrogens (tertiary/aromatic N) is 2. The highest BCUT2D eigenvalue weighted by Gasteiger charge is 2.35. The van der Waals surface area contributed by atoms with Gasteiger partial charge >= 0.3 is 6.09 Å². The Morgan fingerprint density at radius 2 is 1.97 bits per heavy atom. The number of carbonyl (C=O) groups is 1. The van der Waals surface area contributed by atoms with Gasteiger partial charge < -0.3 is 19.4 Å². The summed E-state index contributed by atoms with van der Waals surface area (Å²) in [6.07, 6.45) is 1.36. The number of H-pyrrole nitrogens is 1. The van der Waals surface area contributed by atoms with E-state index in [0.29, 0.717) is 18.2 Å². The number of hydrogen-bond acceptors (Lipinski definition) is 5. The van der Waals surface area contributed by atoms with Crippen LogP contribution >= 0.6 is 23.4 Å². The highest BCUT2D eigenvalue weighted by molar-refractivity contribution is 7.99. The third kappa shape index (κ3) is 6.04. The van der Waals surface area contributed by atoms with Gasteiger partial charge in [-0.3, -0.25) is 4.90 Å². The van der Waals surface area contributed by atoms with E-state index >= 15 is 0 Å². The average Bonchev–Trinajstić information content (AvgIpc) is 3.29. The lowest BCUT2D eigenvalue weighted by molar-refractivity contribution is 0.0993. The van der Waals surface area contributed by atoms with Crippen LogP contribution in [0.5, 0.6) is 5.75 Å². The zero-order chi connectivity index (χ0) is 25.6. The number of aromatic amines is 1. The fourth-order valence-corrected chi connectivity index (χ4v) is 6.26. The maximum atomic E-state index is 13.1.